The molecular weight excluding hydrogens is 340 g/mol. The number of anilines is 2. The first-order valence-electron chi connectivity index (χ1n) is 9.10. The maximum Gasteiger partial charge on any atom is 0.271 e. The first-order valence-corrected chi connectivity index (χ1v) is 9.10. The molecule has 2 atom stereocenters. The second-order valence-corrected chi connectivity index (χ2v) is 6.90. The lowest BCUT2D eigenvalue weighted by Crippen LogP contribution is -2.32. The number of carbonyl (C=O) groups excluding carboxylic acids is 1. The fraction of sp³-hybridized carbons (Fsp3) is 0.400. The van der Waals surface area contributed by atoms with Crippen molar-refractivity contribution in [2.75, 3.05) is 5.32 Å². The molecule has 1 aliphatic carbocycles. The number of primary amides is 1. The van der Waals surface area contributed by atoms with Gasteiger partial charge >= 0.3 is 0 Å². The summed E-state index contributed by atoms with van der Waals surface area (Å²) in [6.07, 6.45) is 4.30. The zero-order valence-corrected chi connectivity index (χ0v) is 15.6. The van der Waals surface area contributed by atoms with Crippen LogP contribution in [0.15, 0.2) is 18.2 Å². The highest BCUT2D eigenvalue weighted by Crippen LogP contribution is 2.23. The highest BCUT2D eigenvalue weighted by atomic mass is 16.1. The quantitative estimate of drug-likeness (QED) is 0.718. The van der Waals surface area contributed by atoms with Crippen molar-refractivity contribution in [3.8, 4) is 11.8 Å². The lowest BCUT2D eigenvalue weighted by Gasteiger charge is -2.23. The van der Waals surface area contributed by atoms with Crippen LogP contribution in [0.2, 0.25) is 0 Å². The Morgan fingerprint density at radius 2 is 2.00 bits per heavy atom. The Bertz CT molecular complexity index is 914. The summed E-state index contributed by atoms with van der Waals surface area (Å²) in [5.74, 6) is 6.34. The van der Waals surface area contributed by atoms with Crippen molar-refractivity contribution >= 4 is 17.4 Å². The van der Waals surface area contributed by atoms with Gasteiger partial charge in [-0.3, -0.25) is 4.79 Å². The molecule has 140 valence electrons. The van der Waals surface area contributed by atoms with Crippen LogP contribution in [0.3, 0.4) is 0 Å². The first kappa shape index (κ1) is 18.8. The molecule has 0 saturated heterocycles. The summed E-state index contributed by atoms with van der Waals surface area (Å²) in [4.78, 5) is 16.2. The van der Waals surface area contributed by atoms with Crippen molar-refractivity contribution in [2.45, 2.75) is 45.6 Å². The van der Waals surface area contributed by atoms with E-state index in [1.807, 2.05) is 26.0 Å². The van der Waals surface area contributed by atoms with Crippen molar-refractivity contribution in [3.05, 3.63) is 40.8 Å². The fourth-order valence-electron chi connectivity index (χ4n) is 3.07. The van der Waals surface area contributed by atoms with Crippen molar-refractivity contribution < 1.29 is 4.79 Å². The van der Waals surface area contributed by atoms with Gasteiger partial charge in [0.15, 0.2) is 5.69 Å². The third kappa shape index (κ3) is 4.60. The number of pyridine rings is 1. The second kappa shape index (κ2) is 8.14. The number of nitrogens with one attached hydrogen (secondary N) is 1. The van der Waals surface area contributed by atoms with E-state index in [9.17, 15) is 4.79 Å². The molecule has 7 heteroatoms. The average Bonchev–Trinajstić information content (AvgIpc) is 2.64. The largest absolute Gasteiger partial charge is 0.364 e. The Balaban J connectivity index is 1.88. The monoisotopic (exact) mass is 364 g/mol. The number of nitrogens with two attached hydrogens (primary N) is 2. The maximum absolute atomic E-state index is 11.7. The third-order valence-corrected chi connectivity index (χ3v) is 4.85. The molecule has 1 saturated carbocycles. The van der Waals surface area contributed by atoms with Crippen molar-refractivity contribution in [1.29, 1.82) is 0 Å². The van der Waals surface area contributed by atoms with E-state index in [1.54, 1.807) is 6.07 Å². The molecule has 27 heavy (non-hydrogen) atoms. The molecule has 2 heterocycles. The van der Waals surface area contributed by atoms with Gasteiger partial charge in [0.05, 0.1) is 5.69 Å². The van der Waals surface area contributed by atoms with E-state index < -0.39 is 5.91 Å². The Labute approximate surface area is 159 Å². The molecule has 0 bridgehead atoms. The molecular formula is C20H24N6O. The molecule has 2 aromatic heterocycles. The van der Waals surface area contributed by atoms with Gasteiger partial charge in [0, 0.05) is 23.7 Å². The topological polar surface area (TPSA) is 120 Å². The Hall–Kier alpha value is -2.98. The van der Waals surface area contributed by atoms with Gasteiger partial charge in [-0.05, 0) is 44.2 Å². The molecule has 7 nitrogen and oxygen atoms in total. The summed E-state index contributed by atoms with van der Waals surface area (Å²) in [6, 6.07) is 5.56. The van der Waals surface area contributed by atoms with E-state index in [2.05, 4.69) is 32.3 Å². The Kier molecular flexibility index (Phi) is 5.67. The van der Waals surface area contributed by atoms with E-state index >= 15 is 0 Å². The molecule has 1 amide bonds. The lowest BCUT2D eigenvalue weighted by molar-refractivity contribution is 0.0995. The van der Waals surface area contributed by atoms with Crippen LogP contribution in [0, 0.1) is 31.6 Å². The van der Waals surface area contributed by atoms with Crippen LogP contribution in [-0.2, 0) is 0 Å². The van der Waals surface area contributed by atoms with Gasteiger partial charge in [0.1, 0.15) is 11.5 Å². The number of carbonyl (C=O) groups is 1. The molecule has 3 rings (SSSR count). The minimum atomic E-state index is -0.664. The summed E-state index contributed by atoms with van der Waals surface area (Å²) >= 11 is 0. The highest BCUT2D eigenvalue weighted by Gasteiger charge is 2.19. The number of nitrogens with zero attached hydrogens (tertiary/aromatic N) is 3. The van der Waals surface area contributed by atoms with Crippen LogP contribution in [-0.4, -0.2) is 27.1 Å². The van der Waals surface area contributed by atoms with Crippen LogP contribution in [0.4, 0.5) is 11.5 Å². The highest BCUT2D eigenvalue weighted by molar-refractivity contribution is 5.97. The summed E-state index contributed by atoms with van der Waals surface area (Å²) < 4.78 is 0. The van der Waals surface area contributed by atoms with E-state index in [0.29, 0.717) is 17.2 Å². The number of amides is 1. The van der Waals surface area contributed by atoms with E-state index in [1.165, 1.54) is 0 Å². The molecule has 0 aromatic carbocycles. The predicted octanol–water partition coefficient (Wildman–Crippen LogP) is 2.20. The number of hydrogen-bond acceptors (Lipinski definition) is 6. The summed E-state index contributed by atoms with van der Waals surface area (Å²) in [7, 11) is 0. The molecule has 1 aliphatic rings. The third-order valence-electron chi connectivity index (χ3n) is 4.85. The fourth-order valence-corrected chi connectivity index (χ4v) is 3.07. The molecule has 1 fully saturated rings. The SMILES string of the molecule is Cc1ccc(Nc2cc(C#CC3CCCCC3N)nnc2C(N)=O)nc1C. The van der Waals surface area contributed by atoms with Crippen LogP contribution in [0.25, 0.3) is 0 Å². The zero-order valence-electron chi connectivity index (χ0n) is 15.6. The van der Waals surface area contributed by atoms with E-state index in [-0.39, 0.29) is 17.7 Å². The molecule has 5 N–H and O–H groups in total. The van der Waals surface area contributed by atoms with Gasteiger partial charge < -0.3 is 16.8 Å². The van der Waals surface area contributed by atoms with Crippen molar-refractivity contribution in [3.63, 3.8) is 0 Å². The normalized spacial score (nSPS) is 19.1. The molecule has 2 unspecified atom stereocenters. The maximum atomic E-state index is 11.7. The van der Waals surface area contributed by atoms with Crippen LogP contribution < -0.4 is 16.8 Å². The first-order chi connectivity index (χ1) is 12.9. The van der Waals surface area contributed by atoms with Crippen LogP contribution in [0.5, 0.6) is 0 Å². The standard InChI is InChI=1S/C20H24N6O/c1-12-7-10-18(23-13(12)2)24-17-11-15(25-26-19(17)20(22)27)9-8-14-5-3-4-6-16(14)21/h7,10-11,14,16H,3-6,21H2,1-2H3,(H2,22,27)(H,23,24,25). The summed E-state index contributed by atoms with van der Waals surface area (Å²) in [5.41, 5.74) is 14.5. The van der Waals surface area contributed by atoms with Gasteiger partial charge in [-0.25, -0.2) is 4.98 Å². The van der Waals surface area contributed by atoms with E-state index in [4.69, 9.17) is 11.5 Å². The Morgan fingerprint density at radius 1 is 1.22 bits per heavy atom. The smallest absolute Gasteiger partial charge is 0.271 e. The number of aryl methyl sites for hydroxylation is 2. The lowest BCUT2D eigenvalue weighted by atomic mass is 9.85. The zero-order chi connectivity index (χ0) is 19.4. The van der Waals surface area contributed by atoms with Crippen LogP contribution in [0.1, 0.15) is 53.1 Å². The number of aromatic nitrogens is 3. The Morgan fingerprint density at radius 3 is 2.70 bits per heavy atom. The predicted molar refractivity (Wildman–Crippen MR) is 104 cm³/mol. The van der Waals surface area contributed by atoms with Gasteiger partial charge in [0.2, 0.25) is 0 Å². The van der Waals surface area contributed by atoms with Crippen LogP contribution >= 0.6 is 0 Å². The number of hydrogen-bond donors (Lipinski definition) is 3. The van der Waals surface area contributed by atoms with Crippen molar-refractivity contribution in [1.82, 2.24) is 15.2 Å². The number of rotatable bonds is 3. The van der Waals surface area contributed by atoms with Gasteiger partial charge in [-0.1, -0.05) is 24.8 Å². The summed E-state index contributed by atoms with van der Waals surface area (Å²) in [5, 5.41) is 11.1. The minimum absolute atomic E-state index is 0.0509. The van der Waals surface area contributed by atoms with Crippen molar-refractivity contribution in [2.24, 2.45) is 17.4 Å². The van der Waals surface area contributed by atoms with E-state index in [0.717, 1.165) is 36.9 Å². The molecule has 0 aliphatic heterocycles. The van der Waals surface area contributed by atoms with Gasteiger partial charge in [-0.15, -0.1) is 10.2 Å². The molecule has 0 radical (unpaired) electrons. The molecule has 0 spiro atoms. The summed E-state index contributed by atoms with van der Waals surface area (Å²) in [6.45, 7) is 3.91. The average molecular weight is 364 g/mol. The minimum Gasteiger partial charge on any atom is -0.364 e. The van der Waals surface area contributed by atoms with Gasteiger partial charge in [0.25, 0.3) is 5.91 Å². The molecule has 2 aromatic rings. The second-order valence-electron chi connectivity index (χ2n) is 6.90. The van der Waals surface area contributed by atoms with Gasteiger partial charge in [-0.2, -0.15) is 0 Å².